The van der Waals surface area contributed by atoms with Gasteiger partial charge < -0.3 is 10.2 Å². The molecule has 0 aromatic heterocycles. The number of halogens is 2. The molecule has 36 heavy (non-hydrogen) atoms. The van der Waals surface area contributed by atoms with Crippen LogP contribution in [0.15, 0.2) is 78.9 Å². The number of hydrogen-bond donors (Lipinski definition) is 1. The summed E-state index contributed by atoms with van der Waals surface area (Å²) in [5.74, 6) is -0.231. The molecule has 0 spiro atoms. The molecule has 3 rings (SSSR count). The van der Waals surface area contributed by atoms with Gasteiger partial charge in [0.05, 0.1) is 5.75 Å². The summed E-state index contributed by atoms with van der Waals surface area (Å²) in [4.78, 5) is 28.6. The molecule has 0 aliphatic carbocycles. The first kappa shape index (κ1) is 27.8. The predicted octanol–water partition coefficient (Wildman–Crippen LogP) is 6.27. The van der Waals surface area contributed by atoms with Crippen LogP contribution in [0.1, 0.15) is 37.5 Å². The largest absolute Gasteiger partial charge is 0.350 e. The minimum Gasteiger partial charge on any atom is -0.350 e. The van der Waals surface area contributed by atoms with Crippen LogP contribution in [0.3, 0.4) is 0 Å². The Morgan fingerprint density at radius 1 is 0.944 bits per heavy atom. The average Bonchev–Trinajstić information content (AvgIpc) is 2.83. The summed E-state index contributed by atoms with van der Waals surface area (Å²) in [6.07, 6.45) is 0.318. The highest BCUT2D eigenvalue weighted by molar-refractivity contribution is 7.99. The van der Waals surface area contributed by atoms with Gasteiger partial charge in [-0.25, -0.2) is 4.39 Å². The molecule has 0 aliphatic heterocycles. The molecule has 0 saturated carbocycles. The fourth-order valence-electron chi connectivity index (χ4n) is 3.76. The van der Waals surface area contributed by atoms with E-state index in [1.165, 1.54) is 22.7 Å². The van der Waals surface area contributed by atoms with E-state index < -0.39 is 17.4 Å². The van der Waals surface area contributed by atoms with E-state index >= 15 is 0 Å². The molecule has 3 aromatic carbocycles. The highest BCUT2D eigenvalue weighted by Gasteiger charge is 2.32. The SMILES string of the molecule is CC(C)(C)NC(=O)[C@@H](Cc1ccccc1)N(Cc1ccccc1F)C(=O)CSCc1ccccc1Cl. The molecule has 0 aliphatic rings. The molecule has 0 bridgehead atoms. The standard InChI is InChI=1S/C29H32ClFN2O2S/c1-29(2,3)32-28(35)26(17-21-11-5-4-6-12-21)33(18-22-13-8-10-16-25(22)31)27(34)20-36-19-23-14-7-9-15-24(23)30/h4-16,26H,17-20H2,1-3H3,(H,32,35)/t26-/m1/s1. The Bertz CT molecular complexity index is 1170. The Kier molecular flexibility index (Phi) is 9.97. The lowest BCUT2D eigenvalue weighted by Gasteiger charge is -2.34. The Morgan fingerprint density at radius 3 is 2.19 bits per heavy atom. The lowest BCUT2D eigenvalue weighted by Crippen LogP contribution is -2.54. The summed E-state index contributed by atoms with van der Waals surface area (Å²) in [6.45, 7) is 5.68. The molecular formula is C29H32ClFN2O2S. The van der Waals surface area contributed by atoms with Crippen molar-refractivity contribution < 1.29 is 14.0 Å². The van der Waals surface area contributed by atoms with E-state index in [4.69, 9.17) is 11.6 Å². The second kappa shape index (κ2) is 12.9. The maximum Gasteiger partial charge on any atom is 0.243 e. The van der Waals surface area contributed by atoms with Crippen molar-refractivity contribution >= 4 is 35.2 Å². The highest BCUT2D eigenvalue weighted by Crippen LogP contribution is 2.23. The number of thioether (sulfide) groups is 1. The lowest BCUT2D eigenvalue weighted by molar-refractivity contribution is -0.140. The molecule has 1 N–H and O–H groups in total. The fraction of sp³-hybridized carbons (Fsp3) is 0.310. The summed E-state index contributed by atoms with van der Waals surface area (Å²) in [7, 11) is 0. The summed E-state index contributed by atoms with van der Waals surface area (Å²) < 4.78 is 14.6. The number of amides is 2. The van der Waals surface area contributed by atoms with E-state index in [-0.39, 0.29) is 24.1 Å². The van der Waals surface area contributed by atoms with Crippen molar-refractivity contribution in [2.45, 2.75) is 51.1 Å². The third-order valence-electron chi connectivity index (χ3n) is 5.51. The molecular weight excluding hydrogens is 495 g/mol. The minimum absolute atomic E-state index is 0.00672. The third kappa shape index (κ3) is 8.38. The second-order valence-electron chi connectivity index (χ2n) is 9.64. The van der Waals surface area contributed by atoms with Gasteiger partial charge >= 0.3 is 0 Å². The number of rotatable bonds is 10. The number of carbonyl (C=O) groups excluding carboxylic acids is 2. The predicted molar refractivity (Wildman–Crippen MR) is 146 cm³/mol. The van der Waals surface area contributed by atoms with Crippen LogP contribution < -0.4 is 5.32 Å². The van der Waals surface area contributed by atoms with Crippen LogP contribution in [0.4, 0.5) is 4.39 Å². The minimum atomic E-state index is -0.806. The fourth-order valence-corrected chi connectivity index (χ4v) is 4.96. The van der Waals surface area contributed by atoms with Gasteiger partial charge in [0, 0.05) is 34.8 Å². The Hall–Kier alpha value is -2.83. The average molecular weight is 527 g/mol. The van der Waals surface area contributed by atoms with Crippen molar-refractivity contribution in [3.05, 3.63) is 106 Å². The molecule has 0 saturated heterocycles. The zero-order valence-electron chi connectivity index (χ0n) is 20.8. The molecule has 190 valence electrons. The van der Waals surface area contributed by atoms with Crippen molar-refractivity contribution in [2.75, 3.05) is 5.75 Å². The molecule has 0 fully saturated rings. The smallest absolute Gasteiger partial charge is 0.243 e. The Balaban J connectivity index is 1.89. The zero-order valence-corrected chi connectivity index (χ0v) is 22.4. The molecule has 2 amide bonds. The van der Waals surface area contributed by atoms with Gasteiger partial charge in [0.15, 0.2) is 0 Å². The molecule has 3 aromatic rings. The molecule has 0 unspecified atom stereocenters. The summed E-state index contributed by atoms with van der Waals surface area (Å²) in [5.41, 5.74) is 1.73. The summed E-state index contributed by atoms with van der Waals surface area (Å²) >= 11 is 7.69. The van der Waals surface area contributed by atoms with E-state index in [1.807, 2.05) is 75.4 Å². The first-order chi connectivity index (χ1) is 17.1. The Morgan fingerprint density at radius 2 is 1.56 bits per heavy atom. The van der Waals surface area contributed by atoms with E-state index in [1.54, 1.807) is 18.2 Å². The zero-order chi connectivity index (χ0) is 26.1. The molecule has 0 heterocycles. The van der Waals surface area contributed by atoms with Crippen molar-refractivity contribution in [1.29, 1.82) is 0 Å². The van der Waals surface area contributed by atoms with Crippen LogP contribution in [0.25, 0.3) is 0 Å². The van der Waals surface area contributed by atoms with Gasteiger partial charge in [0.25, 0.3) is 0 Å². The third-order valence-corrected chi connectivity index (χ3v) is 6.84. The molecule has 1 atom stereocenters. The Labute approximate surface area is 222 Å². The summed E-state index contributed by atoms with van der Waals surface area (Å²) in [5, 5.41) is 3.66. The van der Waals surface area contributed by atoms with E-state index in [9.17, 15) is 14.0 Å². The molecule has 0 radical (unpaired) electrons. The molecule has 7 heteroatoms. The number of benzene rings is 3. The van der Waals surface area contributed by atoms with E-state index in [0.29, 0.717) is 22.8 Å². The lowest BCUT2D eigenvalue weighted by atomic mass is 10.0. The quantitative estimate of drug-likeness (QED) is 0.339. The number of nitrogens with zero attached hydrogens (tertiary/aromatic N) is 1. The van der Waals surface area contributed by atoms with Crippen molar-refractivity contribution in [1.82, 2.24) is 10.2 Å². The first-order valence-corrected chi connectivity index (χ1v) is 13.4. The number of hydrogen-bond acceptors (Lipinski definition) is 3. The van der Waals surface area contributed by atoms with Gasteiger partial charge in [-0.3, -0.25) is 9.59 Å². The van der Waals surface area contributed by atoms with Crippen LogP contribution in [0, 0.1) is 5.82 Å². The van der Waals surface area contributed by atoms with Crippen LogP contribution in [0.2, 0.25) is 5.02 Å². The monoisotopic (exact) mass is 526 g/mol. The van der Waals surface area contributed by atoms with Gasteiger partial charge in [0.1, 0.15) is 11.9 Å². The van der Waals surface area contributed by atoms with Crippen molar-refractivity contribution in [2.24, 2.45) is 0 Å². The van der Waals surface area contributed by atoms with Gasteiger partial charge in [-0.15, -0.1) is 11.8 Å². The van der Waals surface area contributed by atoms with Gasteiger partial charge in [0.2, 0.25) is 11.8 Å². The van der Waals surface area contributed by atoms with Gasteiger partial charge in [-0.1, -0.05) is 78.3 Å². The number of carbonyl (C=O) groups is 2. The van der Waals surface area contributed by atoms with Crippen molar-refractivity contribution in [3.8, 4) is 0 Å². The molecule has 4 nitrogen and oxygen atoms in total. The van der Waals surface area contributed by atoms with Crippen LogP contribution in [-0.2, 0) is 28.3 Å². The number of nitrogens with one attached hydrogen (secondary N) is 1. The van der Waals surface area contributed by atoms with E-state index in [2.05, 4.69) is 5.32 Å². The van der Waals surface area contributed by atoms with E-state index in [0.717, 1.165) is 11.1 Å². The maximum atomic E-state index is 14.6. The maximum absolute atomic E-state index is 14.6. The van der Waals surface area contributed by atoms with Crippen LogP contribution in [-0.4, -0.2) is 34.0 Å². The van der Waals surface area contributed by atoms with Crippen LogP contribution >= 0.6 is 23.4 Å². The van der Waals surface area contributed by atoms with Crippen molar-refractivity contribution in [3.63, 3.8) is 0 Å². The van der Waals surface area contributed by atoms with Gasteiger partial charge in [-0.2, -0.15) is 0 Å². The first-order valence-electron chi connectivity index (χ1n) is 11.8. The normalized spacial score (nSPS) is 12.1. The van der Waals surface area contributed by atoms with Gasteiger partial charge in [-0.05, 0) is 44.0 Å². The van der Waals surface area contributed by atoms with Crippen LogP contribution in [0.5, 0.6) is 0 Å². The highest BCUT2D eigenvalue weighted by atomic mass is 35.5. The topological polar surface area (TPSA) is 49.4 Å². The second-order valence-corrected chi connectivity index (χ2v) is 11.0. The summed E-state index contributed by atoms with van der Waals surface area (Å²) in [6, 6.07) is 22.6.